The number of rotatable bonds is 6. The normalized spacial score (nSPS) is 10.5. The van der Waals surface area contributed by atoms with Gasteiger partial charge < -0.3 is 15.5 Å². The molecular weight excluding hydrogens is 234 g/mol. The zero-order valence-electron chi connectivity index (χ0n) is 9.87. The van der Waals surface area contributed by atoms with E-state index >= 15 is 0 Å². The third-order valence-corrected chi connectivity index (χ3v) is 2.37. The molecular formula is C11H15N5O2. The summed E-state index contributed by atoms with van der Waals surface area (Å²) in [5, 5.41) is 10.4. The summed E-state index contributed by atoms with van der Waals surface area (Å²) < 4.78 is 6.62. The van der Waals surface area contributed by atoms with Crippen molar-refractivity contribution in [1.82, 2.24) is 20.3 Å². The Morgan fingerprint density at radius 1 is 1.56 bits per heavy atom. The van der Waals surface area contributed by atoms with Crippen LogP contribution < -0.4 is 11.1 Å². The van der Waals surface area contributed by atoms with Gasteiger partial charge in [-0.15, -0.1) is 5.10 Å². The summed E-state index contributed by atoms with van der Waals surface area (Å²) in [6.07, 6.45) is 3.94. The van der Waals surface area contributed by atoms with Crippen LogP contribution in [0.2, 0.25) is 0 Å². The van der Waals surface area contributed by atoms with Gasteiger partial charge in [0.1, 0.15) is 12.3 Å². The predicted octanol–water partition coefficient (Wildman–Crippen LogP) is -0.311. The van der Waals surface area contributed by atoms with Crippen LogP contribution in [-0.2, 0) is 24.3 Å². The first-order valence-electron chi connectivity index (χ1n) is 5.66. The lowest BCUT2D eigenvalue weighted by atomic mass is 10.3. The molecule has 0 aliphatic rings. The lowest BCUT2D eigenvalue weighted by molar-refractivity contribution is -0.121. The molecule has 0 aliphatic heterocycles. The summed E-state index contributed by atoms with van der Waals surface area (Å²) in [6, 6.07) is 3.69. The van der Waals surface area contributed by atoms with Gasteiger partial charge in [-0.05, 0) is 12.1 Å². The number of carbonyl (C=O) groups excluding carboxylic acids is 1. The summed E-state index contributed by atoms with van der Waals surface area (Å²) in [4.78, 5) is 11.6. The fourth-order valence-corrected chi connectivity index (χ4v) is 1.49. The maximum absolute atomic E-state index is 11.6. The molecule has 0 unspecified atom stereocenters. The zero-order valence-corrected chi connectivity index (χ0v) is 9.87. The average Bonchev–Trinajstić information content (AvgIpc) is 3.00. The molecule has 0 fully saturated rings. The van der Waals surface area contributed by atoms with Gasteiger partial charge in [0.25, 0.3) is 0 Å². The summed E-state index contributed by atoms with van der Waals surface area (Å²) in [7, 11) is 0. The van der Waals surface area contributed by atoms with E-state index in [1.807, 2.05) is 12.1 Å². The van der Waals surface area contributed by atoms with Crippen LogP contribution in [0.5, 0.6) is 0 Å². The first kappa shape index (κ1) is 12.3. The van der Waals surface area contributed by atoms with E-state index in [4.69, 9.17) is 10.2 Å². The number of aromatic nitrogens is 3. The number of furan rings is 1. The highest BCUT2D eigenvalue weighted by atomic mass is 16.3. The lowest BCUT2D eigenvalue weighted by Gasteiger charge is -2.03. The number of amides is 1. The van der Waals surface area contributed by atoms with E-state index in [1.165, 1.54) is 4.68 Å². The third-order valence-electron chi connectivity index (χ3n) is 2.37. The van der Waals surface area contributed by atoms with Crippen LogP contribution >= 0.6 is 0 Å². The second-order valence-corrected chi connectivity index (χ2v) is 3.79. The van der Waals surface area contributed by atoms with E-state index in [-0.39, 0.29) is 12.5 Å². The SMILES string of the molecule is NCc1cn(CC(=O)NCCc2ccco2)nn1. The molecule has 96 valence electrons. The second kappa shape index (κ2) is 5.97. The quantitative estimate of drug-likeness (QED) is 0.731. The Hall–Kier alpha value is -2.15. The largest absolute Gasteiger partial charge is 0.469 e. The molecule has 0 aromatic carbocycles. The maximum Gasteiger partial charge on any atom is 0.241 e. The Kier molecular flexibility index (Phi) is 4.08. The van der Waals surface area contributed by atoms with Gasteiger partial charge in [0, 0.05) is 19.5 Å². The van der Waals surface area contributed by atoms with Gasteiger partial charge in [-0.1, -0.05) is 5.21 Å². The maximum atomic E-state index is 11.6. The van der Waals surface area contributed by atoms with Crippen molar-refractivity contribution < 1.29 is 9.21 Å². The van der Waals surface area contributed by atoms with Gasteiger partial charge >= 0.3 is 0 Å². The Morgan fingerprint density at radius 3 is 3.11 bits per heavy atom. The van der Waals surface area contributed by atoms with Gasteiger partial charge in [-0.2, -0.15) is 0 Å². The standard InChI is InChI=1S/C11H15N5O2/c12-6-9-7-16(15-14-9)8-11(17)13-4-3-10-2-1-5-18-10/h1-2,5,7H,3-4,6,8,12H2,(H,13,17). The van der Waals surface area contributed by atoms with Crippen molar-refractivity contribution in [2.45, 2.75) is 19.5 Å². The minimum Gasteiger partial charge on any atom is -0.469 e. The van der Waals surface area contributed by atoms with E-state index in [2.05, 4.69) is 15.6 Å². The van der Waals surface area contributed by atoms with Gasteiger partial charge in [0.05, 0.1) is 18.2 Å². The third kappa shape index (κ3) is 3.42. The molecule has 2 aromatic rings. The minimum absolute atomic E-state index is 0.116. The van der Waals surface area contributed by atoms with Crippen LogP contribution in [0.15, 0.2) is 29.0 Å². The molecule has 0 saturated heterocycles. The number of nitrogens with one attached hydrogen (secondary N) is 1. The topological polar surface area (TPSA) is 99.0 Å². The monoisotopic (exact) mass is 249 g/mol. The molecule has 0 saturated carbocycles. The van der Waals surface area contributed by atoms with E-state index < -0.39 is 0 Å². The fraction of sp³-hybridized carbons (Fsp3) is 0.364. The van der Waals surface area contributed by atoms with Gasteiger partial charge in [0.2, 0.25) is 5.91 Å². The number of hydrogen-bond donors (Lipinski definition) is 2. The molecule has 2 aromatic heterocycles. The van der Waals surface area contributed by atoms with Gasteiger partial charge in [-0.3, -0.25) is 4.79 Å². The van der Waals surface area contributed by atoms with Crippen molar-refractivity contribution in [3.8, 4) is 0 Å². The van der Waals surface area contributed by atoms with Crippen LogP contribution in [0.3, 0.4) is 0 Å². The van der Waals surface area contributed by atoms with Crippen LogP contribution in [0.25, 0.3) is 0 Å². The van der Waals surface area contributed by atoms with E-state index in [1.54, 1.807) is 12.5 Å². The fourth-order valence-electron chi connectivity index (χ4n) is 1.49. The van der Waals surface area contributed by atoms with E-state index in [9.17, 15) is 4.79 Å². The first-order chi connectivity index (χ1) is 8.78. The summed E-state index contributed by atoms with van der Waals surface area (Å²) in [6.45, 7) is 0.996. The van der Waals surface area contributed by atoms with Crippen molar-refractivity contribution in [1.29, 1.82) is 0 Å². The van der Waals surface area contributed by atoms with E-state index in [0.717, 1.165) is 5.76 Å². The Bertz CT molecular complexity index is 491. The zero-order chi connectivity index (χ0) is 12.8. The predicted molar refractivity (Wildman–Crippen MR) is 63.3 cm³/mol. The summed E-state index contributed by atoms with van der Waals surface area (Å²) >= 11 is 0. The molecule has 7 heteroatoms. The average molecular weight is 249 g/mol. The minimum atomic E-state index is -0.116. The van der Waals surface area contributed by atoms with Gasteiger partial charge in [0.15, 0.2) is 0 Å². The molecule has 2 rings (SSSR count). The Labute approximate surface area is 104 Å². The Morgan fingerprint density at radius 2 is 2.44 bits per heavy atom. The molecule has 0 radical (unpaired) electrons. The molecule has 2 heterocycles. The molecule has 0 aliphatic carbocycles. The Balaban J connectivity index is 1.71. The molecule has 0 atom stereocenters. The van der Waals surface area contributed by atoms with Crippen molar-refractivity contribution in [2.75, 3.05) is 6.54 Å². The smallest absolute Gasteiger partial charge is 0.241 e. The number of nitrogens with zero attached hydrogens (tertiary/aromatic N) is 3. The second-order valence-electron chi connectivity index (χ2n) is 3.79. The highest BCUT2D eigenvalue weighted by Gasteiger charge is 2.05. The van der Waals surface area contributed by atoms with Crippen molar-refractivity contribution in [2.24, 2.45) is 5.73 Å². The van der Waals surface area contributed by atoms with Crippen LogP contribution in [0.4, 0.5) is 0 Å². The molecule has 0 bridgehead atoms. The number of hydrogen-bond acceptors (Lipinski definition) is 5. The van der Waals surface area contributed by atoms with Gasteiger partial charge in [-0.25, -0.2) is 4.68 Å². The van der Waals surface area contributed by atoms with E-state index in [0.29, 0.717) is 25.2 Å². The lowest BCUT2D eigenvalue weighted by Crippen LogP contribution is -2.29. The molecule has 1 amide bonds. The summed E-state index contributed by atoms with van der Waals surface area (Å²) in [5.41, 5.74) is 6.07. The molecule has 18 heavy (non-hydrogen) atoms. The highest BCUT2D eigenvalue weighted by Crippen LogP contribution is 1.99. The first-order valence-corrected chi connectivity index (χ1v) is 5.66. The number of carbonyl (C=O) groups is 1. The van der Waals surface area contributed by atoms with Crippen molar-refractivity contribution in [3.63, 3.8) is 0 Å². The van der Waals surface area contributed by atoms with Crippen LogP contribution in [-0.4, -0.2) is 27.4 Å². The van der Waals surface area contributed by atoms with Crippen molar-refractivity contribution in [3.05, 3.63) is 36.0 Å². The number of nitrogens with two attached hydrogens (primary N) is 1. The molecule has 0 spiro atoms. The summed E-state index contributed by atoms with van der Waals surface area (Å²) in [5.74, 6) is 0.733. The molecule has 7 nitrogen and oxygen atoms in total. The van der Waals surface area contributed by atoms with Crippen molar-refractivity contribution >= 4 is 5.91 Å². The van der Waals surface area contributed by atoms with Crippen LogP contribution in [0.1, 0.15) is 11.5 Å². The molecule has 3 N–H and O–H groups in total. The highest BCUT2D eigenvalue weighted by molar-refractivity contribution is 5.75. The van der Waals surface area contributed by atoms with Crippen LogP contribution in [0, 0.1) is 0 Å².